The van der Waals surface area contributed by atoms with Crippen molar-refractivity contribution in [1.82, 2.24) is 4.31 Å². The first-order valence-corrected chi connectivity index (χ1v) is 7.00. The molecule has 17 heavy (non-hydrogen) atoms. The minimum absolute atomic E-state index is 0.408. The zero-order chi connectivity index (χ0) is 13.3. The first kappa shape index (κ1) is 14.4. The molecule has 6 nitrogen and oxygen atoms in total. The maximum absolute atomic E-state index is 12.2. The lowest BCUT2D eigenvalue weighted by molar-refractivity contribution is -0.145. The van der Waals surface area contributed by atoms with Crippen LogP contribution in [0.25, 0.3) is 0 Å². The van der Waals surface area contributed by atoms with Crippen LogP contribution in [0.4, 0.5) is 0 Å². The van der Waals surface area contributed by atoms with Crippen LogP contribution in [0.15, 0.2) is 0 Å². The Hall–Kier alpha value is -0.660. The van der Waals surface area contributed by atoms with E-state index in [1.54, 1.807) is 0 Å². The standard InChI is InChI=1S/C10H19NO5S/c1-10(2,9(12)13)11(3)17(14,15)8-4-6-16-7-5-8/h8H,4-7H2,1-3H3,(H,12,13). The molecular formula is C10H19NO5S. The quantitative estimate of drug-likeness (QED) is 0.790. The Morgan fingerprint density at radius 2 is 1.82 bits per heavy atom. The number of likely N-dealkylation sites (N-methyl/N-ethyl adjacent to an activating group) is 1. The molecule has 0 amide bonds. The van der Waals surface area contributed by atoms with Gasteiger partial charge in [0, 0.05) is 20.3 Å². The molecule has 0 saturated carbocycles. The van der Waals surface area contributed by atoms with Gasteiger partial charge in [-0.3, -0.25) is 4.79 Å². The summed E-state index contributed by atoms with van der Waals surface area (Å²) < 4.78 is 30.6. The highest BCUT2D eigenvalue weighted by Crippen LogP contribution is 2.24. The van der Waals surface area contributed by atoms with Crippen LogP contribution in [0.2, 0.25) is 0 Å². The highest BCUT2D eigenvalue weighted by molar-refractivity contribution is 7.89. The van der Waals surface area contributed by atoms with Crippen LogP contribution in [0, 0.1) is 0 Å². The van der Waals surface area contributed by atoms with E-state index in [2.05, 4.69) is 0 Å². The fourth-order valence-electron chi connectivity index (χ4n) is 1.65. The highest BCUT2D eigenvalue weighted by Gasteiger charge is 2.43. The van der Waals surface area contributed by atoms with Crippen LogP contribution in [0.1, 0.15) is 26.7 Å². The topological polar surface area (TPSA) is 83.9 Å². The molecule has 0 aromatic heterocycles. The average molecular weight is 265 g/mol. The number of carboxylic acid groups (broad SMARTS) is 1. The van der Waals surface area contributed by atoms with Gasteiger partial charge in [0.05, 0.1) is 5.25 Å². The molecule has 0 spiro atoms. The van der Waals surface area contributed by atoms with Crippen LogP contribution < -0.4 is 0 Å². The predicted molar refractivity (Wildman–Crippen MR) is 62.2 cm³/mol. The fraction of sp³-hybridized carbons (Fsp3) is 0.900. The minimum atomic E-state index is -3.59. The Morgan fingerprint density at radius 1 is 1.35 bits per heavy atom. The van der Waals surface area contributed by atoms with E-state index in [-0.39, 0.29) is 0 Å². The Morgan fingerprint density at radius 3 is 2.24 bits per heavy atom. The third-order valence-electron chi connectivity index (χ3n) is 3.28. The molecule has 0 aromatic carbocycles. The van der Waals surface area contributed by atoms with Crippen molar-refractivity contribution in [3.63, 3.8) is 0 Å². The van der Waals surface area contributed by atoms with Crippen LogP contribution in [0.5, 0.6) is 0 Å². The zero-order valence-corrected chi connectivity index (χ0v) is 11.2. The van der Waals surface area contributed by atoms with E-state index < -0.39 is 26.8 Å². The summed E-state index contributed by atoms with van der Waals surface area (Å²) >= 11 is 0. The van der Waals surface area contributed by atoms with Gasteiger partial charge >= 0.3 is 5.97 Å². The van der Waals surface area contributed by atoms with E-state index >= 15 is 0 Å². The third kappa shape index (κ3) is 2.78. The lowest BCUT2D eigenvalue weighted by Crippen LogP contribution is -2.53. The van der Waals surface area contributed by atoms with Crippen molar-refractivity contribution in [2.45, 2.75) is 37.5 Å². The van der Waals surface area contributed by atoms with E-state index in [1.807, 2.05) is 0 Å². The number of rotatable bonds is 4. The van der Waals surface area contributed by atoms with Crippen LogP contribution >= 0.6 is 0 Å². The van der Waals surface area contributed by atoms with Gasteiger partial charge in [0.1, 0.15) is 5.54 Å². The molecule has 1 saturated heterocycles. The largest absolute Gasteiger partial charge is 0.480 e. The summed E-state index contributed by atoms with van der Waals surface area (Å²) in [4.78, 5) is 11.1. The molecule has 1 rings (SSSR count). The van der Waals surface area contributed by atoms with E-state index in [9.17, 15) is 13.2 Å². The van der Waals surface area contributed by atoms with Crippen molar-refractivity contribution in [3.8, 4) is 0 Å². The Labute approximate surface area is 102 Å². The lowest BCUT2D eigenvalue weighted by Gasteiger charge is -2.34. The summed E-state index contributed by atoms with van der Waals surface area (Å²) in [6.45, 7) is 3.58. The molecule has 0 bridgehead atoms. The van der Waals surface area contributed by atoms with Gasteiger partial charge < -0.3 is 9.84 Å². The van der Waals surface area contributed by atoms with Gasteiger partial charge in [-0.25, -0.2) is 8.42 Å². The first-order chi connectivity index (χ1) is 7.70. The van der Waals surface area contributed by atoms with Crippen LogP contribution in [-0.2, 0) is 19.6 Å². The van der Waals surface area contributed by atoms with Crippen LogP contribution in [0.3, 0.4) is 0 Å². The van der Waals surface area contributed by atoms with Gasteiger partial charge in [-0.05, 0) is 26.7 Å². The number of hydrogen-bond acceptors (Lipinski definition) is 4. The molecular weight excluding hydrogens is 246 g/mol. The summed E-state index contributed by atoms with van der Waals surface area (Å²) in [5.41, 5.74) is -1.43. The number of carboxylic acids is 1. The maximum atomic E-state index is 12.2. The Kier molecular flexibility index (Phi) is 4.16. The van der Waals surface area contributed by atoms with E-state index in [0.717, 1.165) is 4.31 Å². The number of carbonyl (C=O) groups is 1. The molecule has 0 aromatic rings. The molecule has 1 fully saturated rings. The number of ether oxygens (including phenoxy) is 1. The SMILES string of the molecule is CN(C(C)(C)C(=O)O)S(=O)(=O)C1CCOCC1. The van der Waals surface area contributed by atoms with Gasteiger partial charge in [-0.2, -0.15) is 4.31 Å². The van der Waals surface area contributed by atoms with Gasteiger partial charge in [0.2, 0.25) is 10.0 Å². The van der Waals surface area contributed by atoms with Gasteiger partial charge in [0.25, 0.3) is 0 Å². The zero-order valence-electron chi connectivity index (χ0n) is 10.3. The molecule has 1 aliphatic rings. The molecule has 0 atom stereocenters. The van der Waals surface area contributed by atoms with Crippen molar-refractivity contribution < 1.29 is 23.1 Å². The second-order valence-corrected chi connectivity index (χ2v) is 6.93. The summed E-state index contributed by atoms with van der Waals surface area (Å²) in [5.74, 6) is -1.16. The molecule has 7 heteroatoms. The predicted octanol–water partition coefficient (Wildman–Crippen LogP) is 0.290. The molecule has 0 unspecified atom stereocenters. The lowest BCUT2D eigenvalue weighted by atomic mass is 10.1. The van der Waals surface area contributed by atoms with Gasteiger partial charge in [0.15, 0.2) is 0 Å². The molecule has 0 aliphatic carbocycles. The van der Waals surface area contributed by atoms with E-state index in [0.29, 0.717) is 26.1 Å². The van der Waals surface area contributed by atoms with E-state index in [1.165, 1.54) is 20.9 Å². The van der Waals surface area contributed by atoms with E-state index in [4.69, 9.17) is 9.84 Å². The Balaban J connectivity index is 2.93. The van der Waals surface area contributed by atoms with Gasteiger partial charge in [-0.1, -0.05) is 0 Å². The second kappa shape index (κ2) is 4.91. The smallest absolute Gasteiger partial charge is 0.324 e. The number of hydrogen-bond donors (Lipinski definition) is 1. The monoisotopic (exact) mass is 265 g/mol. The Bertz CT molecular complexity index is 384. The number of aliphatic carboxylic acids is 1. The fourth-order valence-corrected chi connectivity index (χ4v) is 3.60. The third-order valence-corrected chi connectivity index (χ3v) is 5.82. The number of sulfonamides is 1. The van der Waals surface area contributed by atoms with Crippen molar-refractivity contribution in [1.29, 1.82) is 0 Å². The molecule has 0 radical (unpaired) electrons. The summed E-state index contributed by atoms with van der Waals surface area (Å²) in [7, 11) is -2.27. The normalized spacial score (nSPS) is 19.5. The highest BCUT2D eigenvalue weighted by atomic mass is 32.2. The number of nitrogens with zero attached hydrogens (tertiary/aromatic N) is 1. The summed E-state index contributed by atoms with van der Waals surface area (Å²) in [5, 5.41) is 8.50. The second-order valence-electron chi connectivity index (χ2n) is 4.69. The maximum Gasteiger partial charge on any atom is 0.324 e. The van der Waals surface area contributed by atoms with Crippen molar-refractivity contribution in [2.75, 3.05) is 20.3 Å². The molecule has 1 N–H and O–H groups in total. The average Bonchev–Trinajstić information content (AvgIpc) is 2.29. The molecule has 1 heterocycles. The first-order valence-electron chi connectivity index (χ1n) is 5.49. The molecule has 100 valence electrons. The van der Waals surface area contributed by atoms with Gasteiger partial charge in [-0.15, -0.1) is 0 Å². The minimum Gasteiger partial charge on any atom is -0.480 e. The van der Waals surface area contributed by atoms with Crippen LogP contribution in [-0.4, -0.2) is 54.8 Å². The summed E-state index contributed by atoms with van der Waals surface area (Å²) in [6, 6.07) is 0. The summed E-state index contributed by atoms with van der Waals surface area (Å²) in [6.07, 6.45) is 0.838. The van der Waals surface area contributed by atoms with Crippen molar-refractivity contribution in [2.24, 2.45) is 0 Å². The van der Waals surface area contributed by atoms with Crippen molar-refractivity contribution in [3.05, 3.63) is 0 Å². The molecule has 1 aliphatic heterocycles. The van der Waals surface area contributed by atoms with Crippen molar-refractivity contribution >= 4 is 16.0 Å².